The Bertz CT molecular complexity index is 208. The van der Waals surface area contributed by atoms with E-state index in [2.05, 4.69) is 12.2 Å². The molecule has 1 aliphatic heterocycles. The fraction of sp³-hybridized carbons (Fsp3) is 1.00. The quantitative estimate of drug-likeness (QED) is 0.798. The maximum Gasteiger partial charge on any atom is 0.0787 e. The Morgan fingerprint density at radius 3 is 2.44 bits per heavy atom. The molecule has 16 heavy (non-hydrogen) atoms. The lowest BCUT2D eigenvalue weighted by atomic mass is 9.86. The molecule has 2 fully saturated rings. The van der Waals surface area contributed by atoms with E-state index in [0.29, 0.717) is 6.04 Å². The third-order valence-corrected chi connectivity index (χ3v) is 5.14. The Kier molecular flexibility index (Phi) is 4.57. The van der Waals surface area contributed by atoms with Crippen molar-refractivity contribution in [3.63, 3.8) is 0 Å². The molecule has 1 aliphatic carbocycles. The van der Waals surface area contributed by atoms with E-state index in [1.165, 1.54) is 25.7 Å². The van der Waals surface area contributed by atoms with Crippen LogP contribution in [0.2, 0.25) is 0 Å². The Morgan fingerprint density at radius 1 is 1.19 bits per heavy atom. The van der Waals surface area contributed by atoms with Gasteiger partial charge in [-0.2, -0.15) is 11.8 Å². The molecule has 0 radical (unpaired) electrons. The number of aliphatic hydroxyl groups is 1. The first-order valence-electron chi connectivity index (χ1n) is 6.71. The highest BCUT2D eigenvalue weighted by atomic mass is 32.2. The molecule has 3 heteroatoms. The molecule has 1 saturated carbocycles. The van der Waals surface area contributed by atoms with Gasteiger partial charge in [-0.05, 0) is 55.9 Å². The Balaban J connectivity index is 1.70. The van der Waals surface area contributed by atoms with Crippen LogP contribution in [0.5, 0.6) is 0 Å². The monoisotopic (exact) mass is 243 g/mol. The van der Waals surface area contributed by atoms with E-state index in [-0.39, 0.29) is 0 Å². The standard InChI is InChI=1S/C13H25NOS/c1-11-2-4-12(5-3-11)14-10-13(15)6-8-16-9-7-13/h11-12,14-15H,2-10H2,1H3. The van der Waals surface area contributed by atoms with Crippen molar-refractivity contribution >= 4 is 11.8 Å². The topological polar surface area (TPSA) is 32.3 Å². The van der Waals surface area contributed by atoms with Gasteiger partial charge in [0.05, 0.1) is 5.60 Å². The molecular formula is C13H25NOS. The summed E-state index contributed by atoms with van der Waals surface area (Å²) in [6.45, 7) is 3.16. The minimum atomic E-state index is -0.408. The molecule has 0 unspecified atom stereocenters. The lowest BCUT2D eigenvalue weighted by Crippen LogP contribution is -2.47. The maximum absolute atomic E-state index is 10.4. The van der Waals surface area contributed by atoms with Gasteiger partial charge in [-0.1, -0.05) is 6.92 Å². The average Bonchev–Trinajstić information content (AvgIpc) is 2.29. The number of rotatable bonds is 3. The summed E-state index contributed by atoms with van der Waals surface area (Å²) in [5.41, 5.74) is -0.408. The largest absolute Gasteiger partial charge is 0.389 e. The summed E-state index contributed by atoms with van der Waals surface area (Å²) in [6, 6.07) is 0.662. The molecule has 94 valence electrons. The minimum Gasteiger partial charge on any atom is -0.389 e. The first-order chi connectivity index (χ1) is 7.68. The van der Waals surface area contributed by atoms with Crippen molar-refractivity contribution in [1.82, 2.24) is 5.32 Å². The molecule has 0 bridgehead atoms. The van der Waals surface area contributed by atoms with Crippen LogP contribution < -0.4 is 5.32 Å². The molecule has 0 aromatic carbocycles. The van der Waals surface area contributed by atoms with Gasteiger partial charge in [0.1, 0.15) is 0 Å². The van der Waals surface area contributed by atoms with Crippen molar-refractivity contribution in [2.24, 2.45) is 5.92 Å². The molecule has 2 rings (SSSR count). The normalized spacial score (nSPS) is 34.9. The molecule has 0 amide bonds. The van der Waals surface area contributed by atoms with Crippen LogP contribution in [0.3, 0.4) is 0 Å². The van der Waals surface area contributed by atoms with Crippen LogP contribution in [-0.2, 0) is 0 Å². The predicted octanol–water partition coefficient (Wildman–Crippen LogP) is 2.41. The van der Waals surface area contributed by atoms with Crippen LogP contribution in [0.25, 0.3) is 0 Å². The highest BCUT2D eigenvalue weighted by Gasteiger charge is 2.30. The summed E-state index contributed by atoms with van der Waals surface area (Å²) < 4.78 is 0. The molecule has 2 aliphatic rings. The summed E-state index contributed by atoms with van der Waals surface area (Å²) in [5, 5.41) is 14.0. The van der Waals surface area contributed by atoms with Crippen molar-refractivity contribution in [1.29, 1.82) is 0 Å². The van der Waals surface area contributed by atoms with Crippen molar-refractivity contribution in [3.8, 4) is 0 Å². The van der Waals surface area contributed by atoms with Crippen molar-refractivity contribution in [2.45, 2.75) is 57.1 Å². The third-order valence-electron chi connectivity index (χ3n) is 4.16. The number of thioether (sulfide) groups is 1. The van der Waals surface area contributed by atoms with E-state index in [4.69, 9.17) is 0 Å². The van der Waals surface area contributed by atoms with Gasteiger partial charge in [-0.15, -0.1) is 0 Å². The summed E-state index contributed by atoms with van der Waals surface area (Å²) in [4.78, 5) is 0. The van der Waals surface area contributed by atoms with Crippen molar-refractivity contribution in [3.05, 3.63) is 0 Å². The van der Waals surface area contributed by atoms with E-state index in [9.17, 15) is 5.11 Å². The highest BCUT2D eigenvalue weighted by molar-refractivity contribution is 7.99. The number of hydrogen-bond donors (Lipinski definition) is 2. The average molecular weight is 243 g/mol. The van der Waals surface area contributed by atoms with Gasteiger partial charge in [0, 0.05) is 12.6 Å². The summed E-state index contributed by atoms with van der Waals surface area (Å²) in [7, 11) is 0. The first-order valence-corrected chi connectivity index (χ1v) is 7.87. The molecule has 0 spiro atoms. The smallest absolute Gasteiger partial charge is 0.0787 e. The van der Waals surface area contributed by atoms with Gasteiger partial charge in [0.25, 0.3) is 0 Å². The third kappa shape index (κ3) is 3.64. The second-order valence-electron chi connectivity index (χ2n) is 5.67. The molecular weight excluding hydrogens is 218 g/mol. The molecule has 2 nitrogen and oxygen atoms in total. The lowest BCUT2D eigenvalue weighted by Gasteiger charge is -2.35. The second kappa shape index (κ2) is 5.74. The van der Waals surface area contributed by atoms with E-state index in [0.717, 1.165) is 36.8 Å². The molecule has 0 aromatic heterocycles. The Labute approximate surface area is 104 Å². The van der Waals surface area contributed by atoms with Gasteiger partial charge in [-0.25, -0.2) is 0 Å². The summed E-state index contributed by atoms with van der Waals surface area (Å²) in [6.07, 6.45) is 7.23. The van der Waals surface area contributed by atoms with E-state index >= 15 is 0 Å². The molecule has 0 aromatic rings. The van der Waals surface area contributed by atoms with Crippen molar-refractivity contribution < 1.29 is 5.11 Å². The molecule has 1 saturated heterocycles. The summed E-state index contributed by atoms with van der Waals surface area (Å²) in [5.74, 6) is 3.16. The van der Waals surface area contributed by atoms with Gasteiger partial charge in [-0.3, -0.25) is 0 Å². The van der Waals surface area contributed by atoms with Crippen LogP contribution in [0.15, 0.2) is 0 Å². The van der Waals surface area contributed by atoms with E-state index in [1.54, 1.807) is 0 Å². The van der Waals surface area contributed by atoms with Crippen LogP contribution in [0.1, 0.15) is 45.4 Å². The van der Waals surface area contributed by atoms with Crippen LogP contribution in [0, 0.1) is 5.92 Å². The van der Waals surface area contributed by atoms with Crippen LogP contribution in [0.4, 0.5) is 0 Å². The van der Waals surface area contributed by atoms with Gasteiger partial charge < -0.3 is 10.4 Å². The summed E-state index contributed by atoms with van der Waals surface area (Å²) >= 11 is 1.97. The fourth-order valence-electron chi connectivity index (χ4n) is 2.73. The van der Waals surface area contributed by atoms with E-state index < -0.39 is 5.60 Å². The molecule has 0 atom stereocenters. The van der Waals surface area contributed by atoms with Gasteiger partial charge >= 0.3 is 0 Å². The van der Waals surface area contributed by atoms with Crippen LogP contribution >= 0.6 is 11.8 Å². The lowest BCUT2D eigenvalue weighted by molar-refractivity contribution is 0.0279. The SMILES string of the molecule is CC1CCC(NCC2(O)CCSCC2)CC1. The fourth-order valence-corrected chi connectivity index (χ4v) is 3.98. The Morgan fingerprint density at radius 2 is 1.81 bits per heavy atom. The molecule has 1 heterocycles. The zero-order valence-corrected chi connectivity index (χ0v) is 11.2. The van der Waals surface area contributed by atoms with Gasteiger partial charge in [0.15, 0.2) is 0 Å². The van der Waals surface area contributed by atoms with Crippen LogP contribution in [-0.4, -0.2) is 34.8 Å². The highest BCUT2D eigenvalue weighted by Crippen LogP contribution is 2.28. The first kappa shape index (κ1) is 12.7. The molecule has 2 N–H and O–H groups in total. The van der Waals surface area contributed by atoms with Gasteiger partial charge in [0.2, 0.25) is 0 Å². The predicted molar refractivity (Wildman–Crippen MR) is 70.9 cm³/mol. The maximum atomic E-state index is 10.4. The van der Waals surface area contributed by atoms with E-state index in [1.807, 2.05) is 11.8 Å². The second-order valence-corrected chi connectivity index (χ2v) is 6.90. The van der Waals surface area contributed by atoms with Crippen molar-refractivity contribution in [2.75, 3.05) is 18.1 Å². The zero-order chi connectivity index (χ0) is 11.4. The Hall–Kier alpha value is 0.270. The number of nitrogens with one attached hydrogen (secondary N) is 1. The number of hydrogen-bond acceptors (Lipinski definition) is 3. The minimum absolute atomic E-state index is 0.408. The zero-order valence-electron chi connectivity index (χ0n) is 10.4.